The van der Waals surface area contributed by atoms with Crippen LogP contribution in [-0.2, 0) is 9.53 Å². The zero-order valence-electron chi connectivity index (χ0n) is 28.2. The molecule has 5 aromatic carbocycles. The van der Waals surface area contributed by atoms with Crippen LogP contribution >= 0.6 is 0 Å². The molecule has 0 bridgehead atoms. The number of anilines is 5. The maximum atomic E-state index is 12.0. The van der Waals surface area contributed by atoms with Gasteiger partial charge in [0.25, 0.3) is 0 Å². The van der Waals surface area contributed by atoms with E-state index in [0.29, 0.717) is 5.57 Å². The third-order valence-electron chi connectivity index (χ3n) is 8.74. The summed E-state index contributed by atoms with van der Waals surface area (Å²) in [6.07, 6.45) is 5.06. The van der Waals surface area contributed by atoms with E-state index < -0.39 is 0 Å². The molecule has 5 aromatic rings. The molecule has 240 valence electrons. The molecule has 1 aliphatic carbocycles. The van der Waals surface area contributed by atoms with Crippen molar-refractivity contribution in [3.05, 3.63) is 174 Å². The molecular formula is C44H42N2O2. The molecule has 0 heterocycles. The monoisotopic (exact) mass is 630 g/mol. The molecule has 0 spiro atoms. The van der Waals surface area contributed by atoms with Crippen LogP contribution in [0.25, 0.3) is 11.1 Å². The Bertz CT molecular complexity index is 1940. The Morgan fingerprint density at radius 1 is 0.646 bits per heavy atom. The molecule has 0 fully saturated rings. The lowest BCUT2D eigenvalue weighted by Gasteiger charge is -2.33. The summed E-state index contributed by atoms with van der Waals surface area (Å²) in [6.45, 7) is 12.1. The van der Waals surface area contributed by atoms with Crippen molar-refractivity contribution in [1.29, 1.82) is 0 Å². The van der Waals surface area contributed by atoms with Crippen molar-refractivity contribution in [2.75, 3.05) is 16.4 Å². The Balaban J connectivity index is 1.28. The second kappa shape index (κ2) is 14.4. The summed E-state index contributed by atoms with van der Waals surface area (Å²) in [6, 6.07) is 45.4. The molecule has 0 radical (unpaired) electrons. The highest BCUT2D eigenvalue weighted by Gasteiger charge is 2.24. The second-order valence-corrected chi connectivity index (χ2v) is 12.6. The maximum absolute atomic E-state index is 12.0. The van der Waals surface area contributed by atoms with E-state index in [9.17, 15) is 4.79 Å². The maximum Gasteiger partial charge on any atom is 0.333 e. The fourth-order valence-electron chi connectivity index (χ4n) is 6.08. The average molecular weight is 631 g/mol. The molecule has 0 amide bonds. The Labute approximate surface area is 284 Å². The minimum Gasteiger partial charge on any atom is -0.458 e. The number of hydrogen-bond acceptors (Lipinski definition) is 4. The SMILES string of the molecule is C=C(C)C(=O)OCC1=CC=C(N(c2ccc(C)cc2)c2ccc(-c3ccc(N(c4ccccc4)c4ccc(C)cc4)cc3)cc2)C(C)C1. The van der Waals surface area contributed by atoms with Gasteiger partial charge in [0.1, 0.15) is 6.61 Å². The van der Waals surface area contributed by atoms with Crippen LogP contribution in [0, 0.1) is 19.8 Å². The van der Waals surface area contributed by atoms with Crippen LogP contribution in [-0.4, -0.2) is 12.6 Å². The van der Waals surface area contributed by atoms with Gasteiger partial charge in [0.05, 0.1) is 0 Å². The summed E-state index contributed by atoms with van der Waals surface area (Å²) in [5.41, 5.74) is 13.0. The number of ether oxygens (including phenoxy) is 1. The van der Waals surface area contributed by atoms with E-state index >= 15 is 0 Å². The lowest BCUT2D eigenvalue weighted by atomic mass is 9.91. The molecule has 0 aliphatic heterocycles. The number of carbonyl (C=O) groups excluding carboxylic acids is 1. The zero-order chi connectivity index (χ0) is 33.6. The van der Waals surface area contributed by atoms with Crippen molar-refractivity contribution in [1.82, 2.24) is 0 Å². The number of hydrogen-bond donors (Lipinski definition) is 0. The predicted octanol–water partition coefficient (Wildman–Crippen LogP) is 11.5. The normalized spacial score (nSPS) is 14.0. The summed E-state index contributed by atoms with van der Waals surface area (Å²) >= 11 is 0. The first-order valence-electron chi connectivity index (χ1n) is 16.5. The quantitative estimate of drug-likeness (QED) is 0.114. The molecule has 6 rings (SSSR count). The Morgan fingerprint density at radius 2 is 1.08 bits per heavy atom. The standard InChI is InChI=1S/C44H42N2O2/c1-31(2)44(47)48-30-35-15-28-43(34(5)29-35)46(41-22-13-33(4)14-23-41)42-26-18-37(19-27-42)36-16-24-40(25-17-36)45(38-9-7-6-8-10-38)39-20-11-32(3)12-21-39/h6-28,34H,1,29-30H2,2-5H3. The highest BCUT2D eigenvalue weighted by Crippen LogP contribution is 2.39. The average Bonchev–Trinajstić information content (AvgIpc) is 3.11. The van der Waals surface area contributed by atoms with Gasteiger partial charge in [0.15, 0.2) is 0 Å². The van der Waals surface area contributed by atoms with E-state index in [1.165, 1.54) is 16.8 Å². The van der Waals surface area contributed by atoms with Crippen LogP contribution in [0.1, 0.15) is 31.4 Å². The number of para-hydroxylation sites is 1. The molecule has 4 heteroatoms. The molecular weight excluding hydrogens is 588 g/mol. The summed E-state index contributed by atoms with van der Waals surface area (Å²) in [4.78, 5) is 16.6. The highest BCUT2D eigenvalue weighted by molar-refractivity contribution is 5.87. The molecule has 0 saturated carbocycles. The van der Waals surface area contributed by atoms with Gasteiger partial charge in [-0.05, 0) is 111 Å². The summed E-state index contributed by atoms with van der Waals surface area (Å²) in [7, 11) is 0. The summed E-state index contributed by atoms with van der Waals surface area (Å²) in [5.74, 6) is -0.128. The van der Waals surface area contributed by atoms with Gasteiger partial charge in [-0.25, -0.2) is 4.79 Å². The molecule has 0 aromatic heterocycles. The lowest BCUT2D eigenvalue weighted by molar-refractivity contribution is -0.138. The number of allylic oxidation sites excluding steroid dienone is 3. The highest BCUT2D eigenvalue weighted by atomic mass is 16.5. The summed E-state index contributed by atoms with van der Waals surface area (Å²) < 4.78 is 5.44. The van der Waals surface area contributed by atoms with Crippen molar-refractivity contribution >= 4 is 34.4 Å². The van der Waals surface area contributed by atoms with Gasteiger partial charge in [-0.15, -0.1) is 0 Å². The van der Waals surface area contributed by atoms with Gasteiger partial charge in [0, 0.05) is 45.6 Å². The largest absolute Gasteiger partial charge is 0.458 e. The van der Waals surface area contributed by atoms with Crippen LogP contribution in [0.15, 0.2) is 163 Å². The third kappa shape index (κ3) is 7.34. The number of aryl methyl sites for hydroxylation is 2. The zero-order valence-corrected chi connectivity index (χ0v) is 28.2. The number of rotatable bonds is 10. The number of esters is 1. The molecule has 48 heavy (non-hydrogen) atoms. The fourth-order valence-corrected chi connectivity index (χ4v) is 6.08. The van der Waals surface area contributed by atoms with E-state index in [1.54, 1.807) is 6.92 Å². The van der Waals surface area contributed by atoms with Crippen LogP contribution in [0.4, 0.5) is 28.4 Å². The van der Waals surface area contributed by atoms with Gasteiger partial charge in [0.2, 0.25) is 0 Å². The van der Waals surface area contributed by atoms with E-state index in [-0.39, 0.29) is 18.5 Å². The van der Waals surface area contributed by atoms with Gasteiger partial charge in [-0.2, -0.15) is 0 Å². The third-order valence-corrected chi connectivity index (χ3v) is 8.74. The van der Waals surface area contributed by atoms with Crippen LogP contribution in [0.3, 0.4) is 0 Å². The molecule has 0 saturated heterocycles. The predicted molar refractivity (Wildman–Crippen MR) is 200 cm³/mol. The van der Waals surface area contributed by atoms with Crippen LogP contribution in [0.5, 0.6) is 0 Å². The molecule has 1 atom stereocenters. The first-order valence-corrected chi connectivity index (χ1v) is 16.5. The van der Waals surface area contributed by atoms with Crippen LogP contribution < -0.4 is 9.80 Å². The van der Waals surface area contributed by atoms with Crippen molar-refractivity contribution in [3.63, 3.8) is 0 Å². The van der Waals surface area contributed by atoms with E-state index in [0.717, 1.165) is 51.6 Å². The van der Waals surface area contributed by atoms with Crippen molar-refractivity contribution in [2.45, 2.75) is 34.1 Å². The smallest absolute Gasteiger partial charge is 0.333 e. The lowest BCUT2D eigenvalue weighted by Crippen LogP contribution is -2.24. The van der Waals surface area contributed by atoms with Gasteiger partial charge < -0.3 is 14.5 Å². The number of carbonyl (C=O) groups is 1. The van der Waals surface area contributed by atoms with E-state index in [2.05, 4.69) is 171 Å². The molecule has 1 aliphatic rings. The van der Waals surface area contributed by atoms with Crippen molar-refractivity contribution in [3.8, 4) is 11.1 Å². The van der Waals surface area contributed by atoms with Crippen LogP contribution in [0.2, 0.25) is 0 Å². The number of benzene rings is 5. The van der Waals surface area contributed by atoms with Crippen molar-refractivity contribution < 1.29 is 9.53 Å². The van der Waals surface area contributed by atoms with E-state index in [4.69, 9.17) is 4.74 Å². The first kappa shape index (κ1) is 32.3. The topological polar surface area (TPSA) is 32.8 Å². The van der Waals surface area contributed by atoms with Crippen molar-refractivity contribution in [2.24, 2.45) is 5.92 Å². The van der Waals surface area contributed by atoms with Gasteiger partial charge >= 0.3 is 5.97 Å². The van der Waals surface area contributed by atoms with Gasteiger partial charge in [-0.3, -0.25) is 0 Å². The second-order valence-electron chi connectivity index (χ2n) is 12.6. The Morgan fingerprint density at radius 3 is 1.54 bits per heavy atom. The molecule has 4 nitrogen and oxygen atoms in total. The minimum absolute atomic E-state index is 0.225. The molecule has 1 unspecified atom stereocenters. The Kier molecular flexibility index (Phi) is 9.73. The Hall–Kier alpha value is -5.61. The summed E-state index contributed by atoms with van der Waals surface area (Å²) in [5, 5.41) is 0. The van der Waals surface area contributed by atoms with Gasteiger partial charge in [-0.1, -0.05) is 97.4 Å². The minimum atomic E-state index is -0.353. The van der Waals surface area contributed by atoms with E-state index in [1.807, 2.05) is 6.07 Å². The fraction of sp³-hybridized carbons (Fsp3) is 0.159. The number of nitrogens with zero attached hydrogens (tertiary/aromatic N) is 2. The molecule has 0 N–H and O–H groups in total. The first-order chi connectivity index (χ1) is 23.3.